The number of hydrogen-bond donors (Lipinski definition) is 1. The van der Waals surface area contributed by atoms with Crippen molar-refractivity contribution in [1.29, 1.82) is 0 Å². The molecule has 0 unspecified atom stereocenters. The maximum Gasteiger partial charge on any atom is 0.279 e. The van der Waals surface area contributed by atoms with Gasteiger partial charge in [0.1, 0.15) is 6.33 Å². The van der Waals surface area contributed by atoms with Crippen LogP contribution < -0.4 is 5.56 Å². The molecule has 1 N–H and O–H groups in total. The summed E-state index contributed by atoms with van der Waals surface area (Å²) in [4.78, 5) is 19.7. The number of rotatable bonds is 3. The molecule has 0 atom stereocenters. The van der Waals surface area contributed by atoms with Crippen molar-refractivity contribution in [2.24, 2.45) is 0 Å². The molecule has 2 heterocycles. The van der Waals surface area contributed by atoms with Crippen LogP contribution in [0.1, 0.15) is 23.7 Å². The highest BCUT2D eigenvalue weighted by atomic mass is 35.5. The van der Waals surface area contributed by atoms with Crippen LogP contribution in [0.15, 0.2) is 29.3 Å². The van der Waals surface area contributed by atoms with E-state index in [2.05, 4.69) is 15.1 Å². The molecule has 5 nitrogen and oxygen atoms in total. The van der Waals surface area contributed by atoms with Crippen LogP contribution in [0.2, 0.25) is 10.0 Å². The SMILES string of the molecule is CCc1[nH]c2ncnn2c(=O)c1Cc1ccc(Cl)c(Cl)c1. The summed E-state index contributed by atoms with van der Waals surface area (Å²) in [5.41, 5.74) is 2.27. The molecule has 0 saturated carbocycles. The monoisotopic (exact) mass is 322 g/mol. The number of nitrogens with zero attached hydrogens (tertiary/aromatic N) is 3. The Morgan fingerprint density at radius 2 is 2.10 bits per heavy atom. The van der Waals surface area contributed by atoms with Crippen LogP contribution in [0.4, 0.5) is 0 Å². The largest absolute Gasteiger partial charge is 0.327 e. The fourth-order valence-electron chi connectivity index (χ4n) is 2.28. The van der Waals surface area contributed by atoms with Crippen LogP contribution >= 0.6 is 23.2 Å². The third-order valence-electron chi connectivity index (χ3n) is 3.34. The minimum Gasteiger partial charge on any atom is -0.327 e. The molecule has 0 aliphatic carbocycles. The number of fused-ring (bicyclic) bond motifs is 1. The van der Waals surface area contributed by atoms with Gasteiger partial charge in [0.2, 0.25) is 5.78 Å². The maximum absolute atomic E-state index is 12.5. The zero-order valence-electron chi connectivity index (χ0n) is 11.2. The third kappa shape index (κ3) is 2.54. The molecule has 0 aliphatic heterocycles. The Kier molecular flexibility index (Phi) is 3.69. The first-order valence-corrected chi connectivity index (χ1v) is 7.23. The molecule has 108 valence electrons. The van der Waals surface area contributed by atoms with Gasteiger partial charge in [0.05, 0.1) is 10.0 Å². The van der Waals surface area contributed by atoms with Crippen LogP contribution in [0.5, 0.6) is 0 Å². The van der Waals surface area contributed by atoms with Crippen LogP contribution in [-0.2, 0) is 12.8 Å². The summed E-state index contributed by atoms with van der Waals surface area (Å²) in [7, 11) is 0. The number of aryl methyl sites for hydroxylation is 1. The van der Waals surface area contributed by atoms with Crippen molar-refractivity contribution in [3.63, 3.8) is 0 Å². The Morgan fingerprint density at radius 1 is 1.29 bits per heavy atom. The highest BCUT2D eigenvalue weighted by Gasteiger charge is 2.13. The standard InChI is InChI=1S/C14H12Cl2N4O/c1-2-12-9(5-8-3-4-10(15)11(16)6-8)13(21)20-14(19-12)17-7-18-20/h3-4,6-7H,2,5H2,1H3,(H,17,18,19). The second-order valence-corrected chi connectivity index (χ2v) is 5.48. The Bertz CT molecular complexity index is 869. The van der Waals surface area contributed by atoms with Crippen molar-refractivity contribution in [2.75, 3.05) is 0 Å². The fourth-order valence-corrected chi connectivity index (χ4v) is 2.60. The highest BCUT2D eigenvalue weighted by molar-refractivity contribution is 6.42. The average molecular weight is 323 g/mol. The zero-order chi connectivity index (χ0) is 15.0. The van der Waals surface area contributed by atoms with Crippen LogP contribution in [0, 0.1) is 0 Å². The third-order valence-corrected chi connectivity index (χ3v) is 4.08. The molecule has 0 radical (unpaired) electrons. The van der Waals surface area contributed by atoms with Crippen LogP contribution in [-0.4, -0.2) is 19.6 Å². The molecule has 2 aromatic heterocycles. The molecular weight excluding hydrogens is 311 g/mol. The Balaban J connectivity index is 2.12. The van der Waals surface area contributed by atoms with E-state index in [-0.39, 0.29) is 5.56 Å². The van der Waals surface area contributed by atoms with E-state index in [1.54, 1.807) is 12.1 Å². The summed E-state index contributed by atoms with van der Waals surface area (Å²) in [6.07, 6.45) is 2.52. The van der Waals surface area contributed by atoms with Crippen molar-refractivity contribution >= 4 is 29.0 Å². The van der Waals surface area contributed by atoms with Gasteiger partial charge in [0, 0.05) is 17.7 Å². The topological polar surface area (TPSA) is 63.1 Å². The summed E-state index contributed by atoms with van der Waals surface area (Å²) in [6.45, 7) is 1.98. The number of halogens is 2. The van der Waals surface area contributed by atoms with Crippen LogP contribution in [0.3, 0.4) is 0 Å². The molecule has 1 aromatic carbocycles. The lowest BCUT2D eigenvalue weighted by Gasteiger charge is -2.08. The minimum absolute atomic E-state index is 0.163. The lowest BCUT2D eigenvalue weighted by Crippen LogP contribution is -2.23. The van der Waals surface area contributed by atoms with Crippen molar-refractivity contribution in [3.8, 4) is 0 Å². The van der Waals surface area contributed by atoms with E-state index in [4.69, 9.17) is 23.2 Å². The normalized spacial score (nSPS) is 11.2. The van der Waals surface area contributed by atoms with Gasteiger partial charge in [0.25, 0.3) is 5.56 Å². The molecule has 0 bridgehead atoms. The summed E-state index contributed by atoms with van der Waals surface area (Å²) in [5, 5.41) is 4.92. The number of hydrogen-bond acceptors (Lipinski definition) is 3. The van der Waals surface area contributed by atoms with E-state index < -0.39 is 0 Å². The van der Waals surface area contributed by atoms with Gasteiger partial charge in [0.15, 0.2) is 0 Å². The maximum atomic E-state index is 12.5. The first-order chi connectivity index (χ1) is 10.1. The molecule has 3 aromatic rings. The predicted molar refractivity (Wildman–Crippen MR) is 82.3 cm³/mol. The average Bonchev–Trinajstić information content (AvgIpc) is 2.94. The van der Waals surface area contributed by atoms with Gasteiger partial charge in [-0.2, -0.15) is 14.6 Å². The number of nitrogens with one attached hydrogen (secondary N) is 1. The number of benzene rings is 1. The highest BCUT2D eigenvalue weighted by Crippen LogP contribution is 2.23. The van der Waals surface area contributed by atoms with E-state index in [9.17, 15) is 4.79 Å². The molecule has 7 heteroatoms. The van der Waals surface area contributed by atoms with Crippen molar-refractivity contribution in [1.82, 2.24) is 19.6 Å². The second kappa shape index (κ2) is 5.50. The van der Waals surface area contributed by atoms with Gasteiger partial charge in [-0.1, -0.05) is 36.2 Å². The number of aromatic nitrogens is 4. The van der Waals surface area contributed by atoms with Crippen molar-refractivity contribution < 1.29 is 0 Å². The lowest BCUT2D eigenvalue weighted by molar-refractivity contribution is 0.840. The Labute approximate surface area is 130 Å². The van der Waals surface area contributed by atoms with Gasteiger partial charge in [-0.3, -0.25) is 4.79 Å². The smallest absolute Gasteiger partial charge is 0.279 e. The summed E-state index contributed by atoms with van der Waals surface area (Å²) in [6, 6.07) is 5.36. The quantitative estimate of drug-likeness (QED) is 0.806. The van der Waals surface area contributed by atoms with Gasteiger partial charge < -0.3 is 4.98 Å². The summed E-state index contributed by atoms with van der Waals surface area (Å²) >= 11 is 11.9. The summed E-state index contributed by atoms with van der Waals surface area (Å²) in [5.74, 6) is 0.453. The van der Waals surface area contributed by atoms with Gasteiger partial charge in [-0.25, -0.2) is 0 Å². The van der Waals surface area contributed by atoms with E-state index in [1.807, 2.05) is 13.0 Å². The van der Waals surface area contributed by atoms with Crippen molar-refractivity contribution in [2.45, 2.75) is 19.8 Å². The second-order valence-electron chi connectivity index (χ2n) is 4.66. The fraction of sp³-hybridized carbons (Fsp3) is 0.214. The molecule has 0 spiro atoms. The zero-order valence-corrected chi connectivity index (χ0v) is 12.7. The van der Waals surface area contributed by atoms with E-state index in [0.717, 1.165) is 11.3 Å². The Hall–Kier alpha value is -1.85. The molecule has 21 heavy (non-hydrogen) atoms. The molecule has 3 rings (SSSR count). The first-order valence-electron chi connectivity index (χ1n) is 6.48. The van der Waals surface area contributed by atoms with Gasteiger partial charge in [-0.15, -0.1) is 0 Å². The van der Waals surface area contributed by atoms with Gasteiger partial charge in [-0.05, 0) is 24.1 Å². The number of aromatic amines is 1. The van der Waals surface area contributed by atoms with Gasteiger partial charge >= 0.3 is 0 Å². The van der Waals surface area contributed by atoms with E-state index >= 15 is 0 Å². The first kappa shape index (κ1) is 14.1. The number of H-pyrrole nitrogens is 1. The van der Waals surface area contributed by atoms with Crippen LogP contribution in [0.25, 0.3) is 5.78 Å². The molecule has 0 amide bonds. The molecule has 0 saturated heterocycles. The minimum atomic E-state index is -0.163. The van der Waals surface area contributed by atoms with E-state index in [1.165, 1.54) is 10.8 Å². The molecule has 0 fully saturated rings. The summed E-state index contributed by atoms with van der Waals surface area (Å²) < 4.78 is 1.27. The van der Waals surface area contributed by atoms with Crippen molar-refractivity contribution in [3.05, 3.63) is 61.7 Å². The lowest BCUT2D eigenvalue weighted by atomic mass is 10.0. The van der Waals surface area contributed by atoms with E-state index in [0.29, 0.717) is 34.2 Å². The Morgan fingerprint density at radius 3 is 2.81 bits per heavy atom. The molecule has 0 aliphatic rings. The predicted octanol–water partition coefficient (Wildman–Crippen LogP) is 2.88. The molecular formula is C14H12Cl2N4O.